The van der Waals surface area contributed by atoms with E-state index in [9.17, 15) is 0 Å². The molecule has 1 heterocycles. The predicted octanol–water partition coefficient (Wildman–Crippen LogP) is 13.2. The standard InChI is InChI=1S/C67H44Ge2/c68-61-34-9-5-19-44(61)42-18-11-17-41(38-42)43-24-12-26-48-55(43)39-56-46(50-28-14-29-51-47-21-6-10-35-62(47)69-66(50)51)25-13-27-49(56)63(48)54-30-15-33-59-65(54)53-23-4-8-32-58(53)67(59)57-31-7-3-22-52(57)64-45-20-2-1-16-40(45)36-37-60(64)67/h1-39H,69H2,68H3. The molecule has 3 aliphatic rings. The maximum absolute atomic E-state index is 2.55. The van der Waals surface area contributed by atoms with Crippen molar-refractivity contribution in [2.45, 2.75) is 5.41 Å². The minimum absolute atomic E-state index is 0.472. The van der Waals surface area contributed by atoms with Crippen LogP contribution in [0.5, 0.6) is 0 Å². The van der Waals surface area contributed by atoms with Gasteiger partial charge in [0.2, 0.25) is 0 Å². The van der Waals surface area contributed by atoms with Crippen molar-refractivity contribution in [3.05, 3.63) is 259 Å². The molecule has 320 valence electrons. The van der Waals surface area contributed by atoms with E-state index < -0.39 is 20.8 Å². The van der Waals surface area contributed by atoms with E-state index in [2.05, 4.69) is 237 Å². The van der Waals surface area contributed by atoms with Crippen molar-refractivity contribution in [3.8, 4) is 77.9 Å². The van der Waals surface area contributed by atoms with Gasteiger partial charge < -0.3 is 0 Å². The first-order valence-electron chi connectivity index (χ1n) is 24.4. The molecule has 1 spiro atoms. The van der Waals surface area contributed by atoms with E-state index in [1.165, 1.54) is 137 Å². The van der Waals surface area contributed by atoms with Crippen LogP contribution in [0.2, 0.25) is 0 Å². The summed E-state index contributed by atoms with van der Waals surface area (Å²) < 4.78 is 4.66. The molecule has 0 amide bonds. The summed E-state index contributed by atoms with van der Waals surface area (Å²) in [7, 11) is 0. The molecule has 2 aliphatic carbocycles. The molecule has 69 heavy (non-hydrogen) atoms. The van der Waals surface area contributed by atoms with Crippen LogP contribution in [0.15, 0.2) is 237 Å². The van der Waals surface area contributed by atoms with Crippen molar-refractivity contribution < 1.29 is 0 Å². The fourth-order valence-electron chi connectivity index (χ4n) is 13.3. The van der Waals surface area contributed by atoms with Gasteiger partial charge in [0.15, 0.2) is 0 Å². The van der Waals surface area contributed by atoms with E-state index in [1.807, 2.05) is 0 Å². The van der Waals surface area contributed by atoms with Crippen LogP contribution in [0.4, 0.5) is 0 Å². The Morgan fingerprint density at radius 3 is 1.59 bits per heavy atom. The van der Waals surface area contributed by atoms with Gasteiger partial charge in [-0.15, -0.1) is 0 Å². The Morgan fingerprint density at radius 1 is 0.290 bits per heavy atom. The number of fused-ring (bicyclic) bond motifs is 17. The Kier molecular flexibility index (Phi) is 8.59. The maximum atomic E-state index is 2.55. The second-order valence-electron chi connectivity index (χ2n) is 19.4. The van der Waals surface area contributed by atoms with Gasteiger partial charge in [0.25, 0.3) is 0 Å². The average molecular weight is 994 g/mol. The van der Waals surface area contributed by atoms with Crippen LogP contribution in [-0.4, -0.2) is 31.9 Å². The van der Waals surface area contributed by atoms with Crippen LogP contribution >= 0.6 is 0 Å². The Balaban J connectivity index is 1.06. The molecule has 0 fully saturated rings. The number of hydrogen-bond donors (Lipinski definition) is 0. The first-order valence-corrected chi connectivity index (χ1v) is 29.4. The van der Waals surface area contributed by atoms with Crippen LogP contribution in [0, 0.1) is 0 Å². The Hall–Kier alpha value is -7.49. The molecule has 1 unspecified atom stereocenters. The quantitative estimate of drug-likeness (QED) is 0.122. The van der Waals surface area contributed by atoms with Crippen LogP contribution in [0.3, 0.4) is 0 Å². The van der Waals surface area contributed by atoms with Gasteiger partial charge in [-0.3, -0.25) is 0 Å². The fourth-order valence-corrected chi connectivity index (χ4v) is 19.1. The van der Waals surface area contributed by atoms with Gasteiger partial charge in [0, 0.05) is 0 Å². The average Bonchev–Trinajstić information content (AvgIpc) is 4.05. The van der Waals surface area contributed by atoms with E-state index >= 15 is 0 Å². The molecule has 0 radical (unpaired) electrons. The number of rotatable bonds is 4. The third-order valence-corrected chi connectivity index (χ3v) is 22.3. The van der Waals surface area contributed by atoms with Crippen LogP contribution < -0.4 is 13.2 Å². The van der Waals surface area contributed by atoms with Gasteiger partial charge in [-0.2, -0.15) is 0 Å². The van der Waals surface area contributed by atoms with Crippen molar-refractivity contribution in [2.75, 3.05) is 0 Å². The van der Waals surface area contributed by atoms with Gasteiger partial charge >= 0.3 is 360 Å². The van der Waals surface area contributed by atoms with Gasteiger partial charge in [-0.1, -0.05) is 48.5 Å². The van der Waals surface area contributed by atoms with E-state index in [0.717, 1.165) is 0 Å². The summed E-state index contributed by atoms with van der Waals surface area (Å²) in [6, 6.07) is 90.8. The molecule has 0 saturated carbocycles. The summed E-state index contributed by atoms with van der Waals surface area (Å²) >= 11 is -0.697. The third kappa shape index (κ3) is 5.47. The van der Waals surface area contributed by atoms with E-state index in [4.69, 9.17) is 0 Å². The van der Waals surface area contributed by atoms with Crippen LogP contribution in [0.1, 0.15) is 22.3 Å². The molecular formula is C67H44Ge2. The Labute approximate surface area is 416 Å². The molecule has 12 aromatic carbocycles. The summed E-state index contributed by atoms with van der Waals surface area (Å²) in [5.74, 6) is 0. The molecule has 15 rings (SSSR count). The molecule has 1 atom stereocenters. The van der Waals surface area contributed by atoms with Crippen molar-refractivity contribution in [3.63, 3.8) is 0 Å². The number of hydrogen-bond acceptors (Lipinski definition) is 0. The Bertz CT molecular complexity index is 4200. The van der Waals surface area contributed by atoms with E-state index in [0.29, 0.717) is 16.5 Å². The predicted molar refractivity (Wildman–Crippen MR) is 300 cm³/mol. The molecule has 1 aliphatic heterocycles. The zero-order valence-corrected chi connectivity index (χ0v) is 45.4. The van der Waals surface area contributed by atoms with Gasteiger partial charge in [-0.25, -0.2) is 0 Å². The molecule has 12 aromatic rings. The molecule has 0 saturated heterocycles. The van der Waals surface area contributed by atoms with Gasteiger partial charge in [0.1, 0.15) is 0 Å². The third-order valence-electron chi connectivity index (χ3n) is 16.1. The zero-order valence-electron chi connectivity index (χ0n) is 38.2. The molecule has 0 aromatic heterocycles. The molecular weight excluding hydrogens is 950 g/mol. The first kappa shape index (κ1) is 39.5. The molecule has 0 N–H and O–H groups in total. The van der Waals surface area contributed by atoms with Crippen LogP contribution in [-0.2, 0) is 5.41 Å². The zero-order chi connectivity index (χ0) is 45.4. The summed E-state index contributed by atoms with van der Waals surface area (Å²) in [6.07, 6.45) is 0. The second kappa shape index (κ2) is 15.0. The summed E-state index contributed by atoms with van der Waals surface area (Å²) in [4.78, 5) is 0. The number of benzene rings is 12. The fraction of sp³-hybridized carbons (Fsp3) is 0.0149. The Morgan fingerprint density at radius 2 is 0.797 bits per heavy atom. The topological polar surface area (TPSA) is 0 Å². The summed E-state index contributed by atoms with van der Waals surface area (Å²) in [6.45, 7) is 0. The SMILES string of the molecule is [GeH3][c]1ccccc1-c1cccc(-c2cccc3c(-c4cccc5c4-c4ccccc4C54c5ccccc5-c5c4ccc4ccccc54)c4cccc(-c5cccc6[c]5[GeH2][c]5ccccc5-6)c4cc23)c1. The molecule has 0 nitrogen and oxygen atoms in total. The molecule has 0 bridgehead atoms. The van der Waals surface area contributed by atoms with E-state index in [1.54, 1.807) is 8.79 Å². The summed E-state index contributed by atoms with van der Waals surface area (Å²) in [5, 5.41) is 7.76. The summed E-state index contributed by atoms with van der Waals surface area (Å²) in [5.41, 5.74) is 23.7. The molecule has 2 heteroatoms. The van der Waals surface area contributed by atoms with Crippen molar-refractivity contribution in [1.82, 2.24) is 0 Å². The van der Waals surface area contributed by atoms with Crippen molar-refractivity contribution in [1.29, 1.82) is 0 Å². The van der Waals surface area contributed by atoms with Gasteiger partial charge in [-0.05, 0) is 10.8 Å². The van der Waals surface area contributed by atoms with E-state index in [-0.39, 0.29) is 0 Å². The van der Waals surface area contributed by atoms with Crippen molar-refractivity contribution >= 4 is 77.5 Å². The second-order valence-corrected chi connectivity index (χ2v) is 25.5. The minimum atomic E-state index is -1.26. The van der Waals surface area contributed by atoms with Crippen molar-refractivity contribution in [2.24, 2.45) is 0 Å². The van der Waals surface area contributed by atoms with Crippen LogP contribution in [0.25, 0.3) is 110 Å². The normalized spacial score (nSPS) is 15.1. The first-order chi connectivity index (χ1) is 34.2. The monoisotopic (exact) mass is 996 g/mol. The van der Waals surface area contributed by atoms with Gasteiger partial charge in [0.05, 0.1) is 0 Å².